The van der Waals surface area contributed by atoms with Crippen molar-refractivity contribution in [2.45, 2.75) is 26.4 Å². The van der Waals surface area contributed by atoms with Crippen molar-refractivity contribution in [3.05, 3.63) is 68.9 Å². The fraction of sp³-hybridized carbons (Fsp3) is 0.250. The molecule has 0 radical (unpaired) electrons. The fourth-order valence-corrected chi connectivity index (χ4v) is 2.88. The Balaban J connectivity index is 2.28. The number of hydrogen-bond donors (Lipinski definition) is 1. The van der Waals surface area contributed by atoms with Crippen molar-refractivity contribution in [1.82, 2.24) is 0 Å². The Morgan fingerprint density at radius 2 is 1.79 bits per heavy atom. The van der Waals surface area contributed by atoms with Gasteiger partial charge in [0.15, 0.2) is 0 Å². The summed E-state index contributed by atoms with van der Waals surface area (Å²) in [5.74, 6) is -0.256. The summed E-state index contributed by atoms with van der Waals surface area (Å²) in [5, 5.41) is 10.4. The Morgan fingerprint density at radius 1 is 1.16 bits per heavy atom. The Morgan fingerprint density at radius 3 is 2.37 bits per heavy atom. The highest BCUT2D eigenvalue weighted by molar-refractivity contribution is 9.10. The lowest BCUT2D eigenvalue weighted by atomic mass is 9.94. The van der Waals surface area contributed by atoms with E-state index in [9.17, 15) is 9.50 Å². The highest BCUT2D eigenvalue weighted by Crippen LogP contribution is 2.26. The summed E-state index contributed by atoms with van der Waals surface area (Å²) in [4.78, 5) is 0. The summed E-state index contributed by atoms with van der Waals surface area (Å²) in [7, 11) is 0. The van der Waals surface area contributed by atoms with Gasteiger partial charge in [-0.3, -0.25) is 0 Å². The van der Waals surface area contributed by atoms with Crippen molar-refractivity contribution in [3.63, 3.8) is 0 Å². The monoisotopic (exact) mass is 322 g/mol. The van der Waals surface area contributed by atoms with Gasteiger partial charge in [-0.15, -0.1) is 0 Å². The topological polar surface area (TPSA) is 20.2 Å². The molecule has 0 aliphatic rings. The minimum Gasteiger partial charge on any atom is -0.388 e. The van der Waals surface area contributed by atoms with E-state index >= 15 is 0 Å². The van der Waals surface area contributed by atoms with Gasteiger partial charge in [-0.05, 0) is 60.4 Å². The molecule has 3 heteroatoms. The zero-order chi connectivity index (χ0) is 14.0. The van der Waals surface area contributed by atoms with E-state index in [2.05, 4.69) is 15.9 Å². The summed E-state index contributed by atoms with van der Waals surface area (Å²) in [6.45, 7) is 3.66. The summed E-state index contributed by atoms with van der Waals surface area (Å²) in [5.41, 5.74) is 3.45. The second kappa shape index (κ2) is 5.85. The number of aliphatic hydroxyl groups is 1. The van der Waals surface area contributed by atoms with Gasteiger partial charge in [-0.2, -0.15) is 0 Å². The second-order valence-electron chi connectivity index (χ2n) is 4.80. The van der Waals surface area contributed by atoms with E-state index in [-0.39, 0.29) is 5.82 Å². The van der Waals surface area contributed by atoms with Crippen LogP contribution in [-0.4, -0.2) is 5.11 Å². The van der Waals surface area contributed by atoms with Gasteiger partial charge < -0.3 is 5.11 Å². The molecule has 19 heavy (non-hydrogen) atoms. The quantitative estimate of drug-likeness (QED) is 0.883. The van der Waals surface area contributed by atoms with Gasteiger partial charge >= 0.3 is 0 Å². The van der Waals surface area contributed by atoms with E-state index in [1.807, 2.05) is 38.1 Å². The second-order valence-corrected chi connectivity index (χ2v) is 5.72. The predicted molar refractivity (Wildman–Crippen MR) is 78.7 cm³/mol. The van der Waals surface area contributed by atoms with Crippen molar-refractivity contribution < 1.29 is 9.50 Å². The van der Waals surface area contributed by atoms with Gasteiger partial charge in [0.1, 0.15) is 5.82 Å². The third-order valence-electron chi connectivity index (χ3n) is 3.21. The number of rotatable bonds is 3. The molecule has 0 saturated carbocycles. The molecular weight excluding hydrogens is 307 g/mol. The number of hydrogen-bond acceptors (Lipinski definition) is 1. The number of aryl methyl sites for hydroxylation is 2. The average Bonchev–Trinajstić information content (AvgIpc) is 2.27. The lowest BCUT2D eigenvalue weighted by Crippen LogP contribution is -2.06. The largest absolute Gasteiger partial charge is 0.388 e. The lowest BCUT2D eigenvalue weighted by Gasteiger charge is -2.17. The third-order valence-corrected chi connectivity index (χ3v) is 3.70. The van der Waals surface area contributed by atoms with Gasteiger partial charge in [0.2, 0.25) is 0 Å². The zero-order valence-electron chi connectivity index (χ0n) is 11.0. The molecule has 0 fully saturated rings. The maximum Gasteiger partial charge on any atom is 0.123 e. The first-order chi connectivity index (χ1) is 8.97. The van der Waals surface area contributed by atoms with Crippen LogP contribution in [0.4, 0.5) is 4.39 Å². The molecule has 0 aliphatic carbocycles. The molecule has 2 aromatic carbocycles. The molecule has 100 valence electrons. The van der Waals surface area contributed by atoms with Crippen LogP contribution in [0.5, 0.6) is 0 Å². The molecule has 1 unspecified atom stereocenters. The van der Waals surface area contributed by atoms with Crippen LogP contribution in [0.1, 0.15) is 28.4 Å². The first-order valence-electron chi connectivity index (χ1n) is 6.16. The van der Waals surface area contributed by atoms with Gasteiger partial charge in [0, 0.05) is 10.9 Å². The van der Waals surface area contributed by atoms with E-state index in [4.69, 9.17) is 0 Å². The van der Waals surface area contributed by atoms with E-state index in [0.717, 1.165) is 26.7 Å². The summed E-state index contributed by atoms with van der Waals surface area (Å²) < 4.78 is 14.3. The lowest BCUT2D eigenvalue weighted by molar-refractivity contribution is 0.177. The molecular formula is C16H16BrFO. The van der Waals surface area contributed by atoms with Gasteiger partial charge in [-0.1, -0.05) is 28.1 Å². The number of halogens is 2. The molecule has 0 spiro atoms. The molecule has 1 N–H and O–H groups in total. The standard InChI is InChI=1S/C16H16BrFO/c1-10-6-14(18)7-11(2)16(10)15(19)9-12-4-3-5-13(17)8-12/h3-8,15,19H,9H2,1-2H3. The van der Waals surface area contributed by atoms with Crippen LogP contribution in [0.15, 0.2) is 40.9 Å². The Kier molecular flexibility index (Phi) is 4.38. The van der Waals surface area contributed by atoms with Gasteiger partial charge in [0.05, 0.1) is 6.10 Å². The molecule has 0 heterocycles. The molecule has 1 nitrogen and oxygen atoms in total. The van der Waals surface area contributed by atoms with Crippen molar-refractivity contribution in [2.75, 3.05) is 0 Å². The summed E-state index contributed by atoms with van der Waals surface area (Å²) in [6.07, 6.45) is -0.0952. The van der Waals surface area contributed by atoms with E-state index < -0.39 is 6.10 Å². The zero-order valence-corrected chi connectivity index (χ0v) is 12.5. The van der Waals surface area contributed by atoms with Crippen LogP contribution in [0.2, 0.25) is 0 Å². The van der Waals surface area contributed by atoms with Crippen molar-refractivity contribution in [2.24, 2.45) is 0 Å². The van der Waals surface area contributed by atoms with Crippen LogP contribution >= 0.6 is 15.9 Å². The molecule has 1 atom stereocenters. The minimum absolute atomic E-state index is 0.256. The average molecular weight is 323 g/mol. The molecule has 0 aliphatic heterocycles. The first kappa shape index (κ1) is 14.2. The van der Waals surface area contributed by atoms with E-state index in [1.54, 1.807) is 0 Å². The van der Waals surface area contributed by atoms with Gasteiger partial charge in [-0.25, -0.2) is 4.39 Å². The maximum absolute atomic E-state index is 13.3. The van der Waals surface area contributed by atoms with Crippen LogP contribution in [0, 0.1) is 19.7 Å². The molecule has 2 rings (SSSR count). The first-order valence-corrected chi connectivity index (χ1v) is 6.96. The van der Waals surface area contributed by atoms with Crippen LogP contribution in [0.25, 0.3) is 0 Å². The number of benzene rings is 2. The minimum atomic E-state index is -0.616. The molecule has 0 saturated heterocycles. The van der Waals surface area contributed by atoms with Gasteiger partial charge in [0.25, 0.3) is 0 Å². The highest BCUT2D eigenvalue weighted by Gasteiger charge is 2.15. The molecule has 2 aromatic rings. The van der Waals surface area contributed by atoms with Crippen molar-refractivity contribution in [1.29, 1.82) is 0 Å². The van der Waals surface area contributed by atoms with E-state index in [1.165, 1.54) is 12.1 Å². The Labute approximate surface area is 121 Å². The molecule has 0 aromatic heterocycles. The summed E-state index contributed by atoms with van der Waals surface area (Å²) >= 11 is 3.42. The molecule has 0 bridgehead atoms. The Bertz CT molecular complexity index is 572. The normalized spacial score (nSPS) is 12.5. The Hall–Kier alpha value is -1.19. The maximum atomic E-state index is 13.3. The van der Waals surface area contributed by atoms with Crippen molar-refractivity contribution >= 4 is 15.9 Å². The van der Waals surface area contributed by atoms with Crippen LogP contribution in [-0.2, 0) is 6.42 Å². The predicted octanol–water partition coefficient (Wildman–Crippen LogP) is 4.48. The third kappa shape index (κ3) is 3.43. The number of aliphatic hydroxyl groups excluding tert-OH is 1. The molecule has 0 amide bonds. The van der Waals surface area contributed by atoms with Crippen molar-refractivity contribution in [3.8, 4) is 0 Å². The van der Waals surface area contributed by atoms with Crippen LogP contribution < -0.4 is 0 Å². The smallest absolute Gasteiger partial charge is 0.123 e. The fourth-order valence-electron chi connectivity index (χ4n) is 2.44. The van der Waals surface area contributed by atoms with E-state index in [0.29, 0.717) is 6.42 Å². The highest BCUT2D eigenvalue weighted by atomic mass is 79.9. The van der Waals surface area contributed by atoms with Crippen LogP contribution in [0.3, 0.4) is 0 Å². The summed E-state index contributed by atoms with van der Waals surface area (Å²) in [6, 6.07) is 10.8. The SMILES string of the molecule is Cc1cc(F)cc(C)c1C(O)Cc1cccc(Br)c1.